The van der Waals surface area contributed by atoms with Gasteiger partial charge < -0.3 is 14.8 Å². The molecule has 5 nitrogen and oxygen atoms in total. The lowest BCUT2D eigenvalue weighted by Gasteiger charge is -2.05. The predicted octanol–water partition coefficient (Wildman–Crippen LogP) is -0.682. The second kappa shape index (κ2) is 3.84. The normalized spacial score (nSPS) is 10.3. The van der Waals surface area contributed by atoms with Crippen molar-refractivity contribution in [2.75, 3.05) is 7.11 Å². The lowest BCUT2D eigenvalue weighted by atomic mass is 9.80. The minimum Gasteiger partial charge on any atom is -0.481 e. The molecule has 0 atom stereocenters. The summed E-state index contributed by atoms with van der Waals surface area (Å²) < 4.78 is 4.95. The number of pyridine rings is 2. The monoisotopic (exact) mass is 204 g/mol. The summed E-state index contributed by atoms with van der Waals surface area (Å²) in [5.41, 5.74) is 1.35. The van der Waals surface area contributed by atoms with Crippen LogP contribution >= 0.6 is 0 Å². The third kappa shape index (κ3) is 1.77. The second-order valence-corrected chi connectivity index (χ2v) is 3.00. The van der Waals surface area contributed by atoms with Crippen molar-refractivity contribution in [3.8, 4) is 5.88 Å². The number of nitrogens with zero attached hydrogens (tertiary/aromatic N) is 2. The van der Waals surface area contributed by atoms with Crippen LogP contribution in [0.3, 0.4) is 0 Å². The Labute approximate surface area is 86.5 Å². The van der Waals surface area contributed by atoms with Gasteiger partial charge in [0.2, 0.25) is 5.88 Å². The van der Waals surface area contributed by atoms with E-state index >= 15 is 0 Å². The van der Waals surface area contributed by atoms with Gasteiger partial charge in [-0.15, -0.1) is 0 Å². The molecule has 6 heteroatoms. The highest BCUT2D eigenvalue weighted by Crippen LogP contribution is 2.12. The lowest BCUT2D eigenvalue weighted by Crippen LogP contribution is -2.31. The van der Waals surface area contributed by atoms with Crippen molar-refractivity contribution in [3.63, 3.8) is 0 Å². The highest BCUT2D eigenvalue weighted by atomic mass is 16.5. The van der Waals surface area contributed by atoms with Gasteiger partial charge in [-0.25, -0.2) is 4.98 Å². The molecule has 0 bridgehead atoms. The van der Waals surface area contributed by atoms with Gasteiger partial charge in [-0.05, 0) is 12.1 Å². The molecule has 15 heavy (non-hydrogen) atoms. The van der Waals surface area contributed by atoms with E-state index < -0.39 is 7.12 Å². The first-order valence-electron chi connectivity index (χ1n) is 4.38. The van der Waals surface area contributed by atoms with E-state index in [2.05, 4.69) is 9.97 Å². The molecule has 0 amide bonds. The molecule has 2 N–H and O–H groups in total. The Morgan fingerprint density at radius 3 is 2.73 bits per heavy atom. The zero-order valence-electron chi connectivity index (χ0n) is 8.08. The Kier molecular flexibility index (Phi) is 2.53. The molecule has 0 saturated heterocycles. The molecule has 0 aliphatic rings. The second-order valence-electron chi connectivity index (χ2n) is 3.00. The molecule has 2 aromatic rings. The summed E-state index contributed by atoms with van der Waals surface area (Å²) in [6.07, 6.45) is 1.51. The average molecular weight is 204 g/mol. The minimum atomic E-state index is -1.56. The summed E-state index contributed by atoms with van der Waals surface area (Å²) in [4.78, 5) is 8.17. The van der Waals surface area contributed by atoms with Crippen LogP contribution in [0.1, 0.15) is 0 Å². The van der Waals surface area contributed by atoms with E-state index in [9.17, 15) is 0 Å². The number of aromatic nitrogens is 2. The maximum absolute atomic E-state index is 9.13. The van der Waals surface area contributed by atoms with Crippen LogP contribution in [0.25, 0.3) is 11.0 Å². The van der Waals surface area contributed by atoms with E-state index in [1.54, 1.807) is 12.1 Å². The number of hydrogen-bond acceptors (Lipinski definition) is 5. The number of ether oxygens (including phenoxy) is 1. The molecular formula is C9H9BN2O3. The SMILES string of the molecule is COc1ccc2nccc(B(O)O)c2n1. The fourth-order valence-electron chi connectivity index (χ4n) is 1.35. The summed E-state index contributed by atoms with van der Waals surface area (Å²) in [6, 6.07) is 4.90. The van der Waals surface area contributed by atoms with Gasteiger partial charge in [0.25, 0.3) is 0 Å². The van der Waals surface area contributed by atoms with Crippen LogP contribution in [-0.4, -0.2) is 34.2 Å². The maximum Gasteiger partial charge on any atom is 0.490 e. The van der Waals surface area contributed by atoms with Crippen LogP contribution in [0.5, 0.6) is 5.88 Å². The zero-order valence-corrected chi connectivity index (χ0v) is 8.08. The number of methoxy groups -OCH3 is 1. The van der Waals surface area contributed by atoms with Crippen molar-refractivity contribution in [3.05, 3.63) is 24.4 Å². The van der Waals surface area contributed by atoms with Gasteiger partial charge in [-0.1, -0.05) is 0 Å². The fourth-order valence-corrected chi connectivity index (χ4v) is 1.35. The third-order valence-corrected chi connectivity index (χ3v) is 2.08. The third-order valence-electron chi connectivity index (χ3n) is 2.08. The Balaban J connectivity index is 2.70. The molecule has 0 fully saturated rings. The predicted molar refractivity (Wildman–Crippen MR) is 55.9 cm³/mol. The van der Waals surface area contributed by atoms with Gasteiger partial charge in [0.1, 0.15) is 0 Å². The zero-order chi connectivity index (χ0) is 10.8. The first kappa shape index (κ1) is 9.88. The first-order chi connectivity index (χ1) is 7.22. The summed E-state index contributed by atoms with van der Waals surface area (Å²) >= 11 is 0. The van der Waals surface area contributed by atoms with Crippen LogP contribution in [0.15, 0.2) is 24.4 Å². The average Bonchev–Trinajstić information content (AvgIpc) is 2.27. The maximum atomic E-state index is 9.13. The van der Waals surface area contributed by atoms with Gasteiger partial charge in [0, 0.05) is 17.7 Å². The van der Waals surface area contributed by atoms with E-state index in [4.69, 9.17) is 14.8 Å². The van der Waals surface area contributed by atoms with E-state index in [1.165, 1.54) is 19.4 Å². The van der Waals surface area contributed by atoms with Crippen molar-refractivity contribution < 1.29 is 14.8 Å². The Bertz CT molecular complexity index is 490. The number of rotatable bonds is 2. The van der Waals surface area contributed by atoms with Crippen molar-refractivity contribution in [2.45, 2.75) is 0 Å². The molecule has 2 rings (SSSR count). The highest BCUT2D eigenvalue weighted by molar-refractivity contribution is 6.61. The van der Waals surface area contributed by atoms with E-state index in [1.807, 2.05) is 0 Å². The fraction of sp³-hybridized carbons (Fsp3) is 0.111. The molecule has 0 aromatic carbocycles. The van der Waals surface area contributed by atoms with Gasteiger partial charge in [-0.3, -0.25) is 4.98 Å². The number of hydrogen-bond donors (Lipinski definition) is 2. The van der Waals surface area contributed by atoms with Crippen LogP contribution < -0.4 is 10.2 Å². The van der Waals surface area contributed by atoms with Crippen LogP contribution in [0.4, 0.5) is 0 Å². The van der Waals surface area contributed by atoms with Gasteiger partial charge in [0.05, 0.1) is 18.1 Å². The molecular weight excluding hydrogens is 195 g/mol. The first-order valence-corrected chi connectivity index (χ1v) is 4.38. The van der Waals surface area contributed by atoms with Crippen molar-refractivity contribution in [1.82, 2.24) is 9.97 Å². The molecule has 76 valence electrons. The standard InChI is InChI=1S/C9H9BN2O3/c1-15-8-3-2-7-9(12-8)6(10(13)14)4-5-11-7/h2-5,13-14H,1H3. The summed E-state index contributed by atoms with van der Waals surface area (Å²) in [6.45, 7) is 0. The molecule has 0 aliphatic heterocycles. The van der Waals surface area contributed by atoms with E-state index in [0.29, 0.717) is 22.4 Å². The van der Waals surface area contributed by atoms with Crippen molar-refractivity contribution in [2.24, 2.45) is 0 Å². The molecule has 2 heterocycles. The van der Waals surface area contributed by atoms with E-state index in [-0.39, 0.29) is 0 Å². The summed E-state index contributed by atoms with van der Waals surface area (Å²) in [5.74, 6) is 0.414. The van der Waals surface area contributed by atoms with Crippen LogP contribution in [-0.2, 0) is 0 Å². The van der Waals surface area contributed by atoms with Gasteiger partial charge in [0.15, 0.2) is 0 Å². The molecule has 0 radical (unpaired) electrons. The Hall–Kier alpha value is -1.66. The van der Waals surface area contributed by atoms with Crippen molar-refractivity contribution in [1.29, 1.82) is 0 Å². The molecule has 0 saturated carbocycles. The quantitative estimate of drug-likeness (QED) is 0.633. The highest BCUT2D eigenvalue weighted by Gasteiger charge is 2.16. The lowest BCUT2D eigenvalue weighted by molar-refractivity contribution is 0.399. The van der Waals surface area contributed by atoms with Crippen LogP contribution in [0.2, 0.25) is 0 Å². The van der Waals surface area contributed by atoms with E-state index in [0.717, 1.165) is 0 Å². The van der Waals surface area contributed by atoms with Gasteiger partial charge >= 0.3 is 7.12 Å². The molecule has 2 aromatic heterocycles. The molecule has 0 spiro atoms. The molecule has 0 unspecified atom stereocenters. The Morgan fingerprint density at radius 1 is 1.27 bits per heavy atom. The smallest absolute Gasteiger partial charge is 0.481 e. The largest absolute Gasteiger partial charge is 0.490 e. The van der Waals surface area contributed by atoms with Crippen LogP contribution in [0, 0.1) is 0 Å². The summed E-state index contributed by atoms with van der Waals surface area (Å²) in [5, 5.41) is 18.3. The minimum absolute atomic E-state index is 0.318. The summed E-state index contributed by atoms with van der Waals surface area (Å²) in [7, 11) is -0.0605. The van der Waals surface area contributed by atoms with Crippen molar-refractivity contribution >= 4 is 23.6 Å². The van der Waals surface area contributed by atoms with Gasteiger partial charge in [-0.2, -0.15) is 0 Å². The Morgan fingerprint density at radius 2 is 2.07 bits per heavy atom. The molecule has 0 aliphatic carbocycles. The number of fused-ring (bicyclic) bond motifs is 1. The topological polar surface area (TPSA) is 75.5 Å².